The number of nitrogens with one attached hydrogen (secondary N) is 3. The van der Waals surface area contributed by atoms with Gasteiger partial charge in [0.15, 0.2) is 0 Å². The van der Waals surface area contributed by atoms with E-state index in [9.17, 15) is 29.3 Å². The van der Waals surface area contributed by atoms with Gasteiger partial charge in [-0.25, -0.2) is 4.79 Å². The van der Waals surface area contributed by atoms with Crippen LogP contribution in [0.4, 0.5) is 16.4 Å². The molecule has 0 bridgehead atoms. The van der Waals surface area contributed by atoms with E-state index < -0.39 is 28.0 Å². The molecule has 1 aliphatic rings. The van der Waals surface area contributed by atoms with Crippen molar-refractivity contribution >= 4 is 69.2 Å². The molecule has 1 aromatic heterocycles. The number of aryl methyl sites for hydroxylation is 1. The van der Waals surface area contributed by atoms with Crippen molar-refractivity contribution in [3.05, 3.63) is 158 Å². The van der Waals surface area contributed by atoms with Gasteiger partial charge in [-0.05, 0) is 86.2 Å². The number of carbonyl (C=O) groups is 4. The van der Waals surface area contributed by atoms with Crippen LogP contribution in [0.2, 0.25) is 0 Å². The fraction of sp³-hybridized carbons (Fsp3) is 0.209. The van der Waals surface area contributed by atoms with Crippen LogP contribution in [0.25, 0.3) is 6.08 Å². The summed E-state index contributed by atoms with van der Waals surface area (Å²) >= 11 is 2.71. The van der Waals surface area contributed by atoms with E-state index in [2.05, 4.69) is 16.0 Å². The number of carbonyl (C=O) groups excluding carboxylic acids is 4. The minimum atomic E-state index is -0.749. The molecule has 286 valence electrons. The van der Waals surface area contributed by atoms with E-state index in [0.29, 0.717) is 26.7 Å². The van der Waals surface area contributed by atoms with Crippen molar-refractivity contribution in [1.82, 2.24) is 5.32 Å². The number of hydrogen-bond donors (Lipinski definition) is 3. The molecule has 3 N–H and O–H groups in total. The molecule has 0 fully saturated rings. The van der Waals surface area contributed by atoms with Crippen molar-refractivity contribution in [3.8, 4) is 0 Å². The number of rotatable bonds is 13. The molecule has 1 heterocycles. The predicted octanol–water partition coefficient (Wildman–Crippen LogP) is 9.37. The molecule has 56 heavy (non-hydrogen) atoms. The van der Waals surface area contributed by atoms with Crippen molar-refractivity contribution in [2.75, 3.05) is 17.2 Å². The number of nitro benzene ring substituents is 1. The first-order chi connectivity index (χ1) is 27.2. The normalized spacial score (nSPS) is 13.3. The Hall–Kier alpha value is -6.05. The van der Waals surface area contributed by atoms with Crippen LogP contribution in [0.15, 0.2) is 120 Å². The first-order valence-corrected chi connectivity index (χ1v) is 20.0. The molecule has 13 heteroatoms. The van der Waals surface area contributed by atoms with E-state index in [-0.39, 0.29) is 29.5 Å². The van der Waals surface area contributed by atoms with Crippen molar-refractivity contribution in [1.29, 1.82) is 0 Å². The summed E-state index contributed by atoms with van der Waals surface area (Å²) in [6.45, 7) is 1.98. The van der Waals surface area contributed by atoms with Crippen LogP contribution >= 0.6 is 23.1 Å². The Balaban J connectivity index is 1.27. The SMILES string of the molecule is CCOC(=O)c1c(NC(=O)C(Sc2cccc(NC(=O)/C(=C\c3ccccc3[N+](=O)[O-])NC(=O)c3ccccc3)c2)c2ccccc2)sc2c1CCCCCC2. The van der Waals surface area contributed by atoms with E-state index in [0.717, 1.165) is 54.5 Å². The van der Waals surface area contributed by atoms with E-state index in [4.69, 9.17) is 4.74 Å². The number of thiophene rings is 1. The van der Waals surface area contributed by atoms with E-state index in [1.165, 1.54) is 47.4 Å². The maximum absolute atomic E-state index is 14.3. The van der Waals surface area contributed by atoms with Gasteiger partial charge in [-0.1, -0.05) is 79.6 Å². The second-order valence-electron chi connectivity index (χ2n) is 12.9. The van der Waals surface area contributed by atoms with Crippen LogP contribution in [0, 0.1) is 10.1 Å². The highest BCUT2D eigenvalue weighted by molar-refractivity contribution is 8.00. The summed E-state index contributed by atoms with van der Waals surface area (Å²) in [7, 11) is 0. The number of para-hydroxylation sites is 1. The standard InChI is InChI=1S/C43H40N4O7S2/c1-2-54-43(51)37-33-23-11-3-4-12-25-36(33)56-42(37)46-41(50)38(28-16-7-5-8-17-28)55-32-22-15-21-31(27-32)44-40(49)34(45-39(48)29-18-9-6-10-19-29)26-30-20-13-14-24-35(30)47(52)53/h5-10,13-22,24,26-27,38H,2-4,11-12,23,25H2,1H3,(H,44,49)(H,45,48)(H,46,50)/b34-26+. The van der Waals surface area contributed by atoms with Gasteiger partial charge in [0.2, 0.25) is 5.91 Å². The Morgan fingerprint density at radius 3 is 2.29 bits per heavy atom. The summed E-state index contributed by atoms with van der Waals surface area (Å²) in [5.74, 6) is -2.06. The zero-order valence-corrected chi connectivity index (χ0v) is 32.3. The average Bonchev–Trinajstić information content (AvgIpc) is 3.52. The highest BCUT2D eigenvalue weighted by atomic mass is 32.2. The van der Waals surface area contributed by atoms with Gasteiger partial charge >= 0.3 is 5.97 Å². The van der Waals surface area contributed by atoms with Gasteiger partial charge in [-0.2, -0.15) is 0 Å². The number of nitrogens with zero attached hydrogens (tertiary/aromatic N) is 1. The van der Waals surface area contributed by atoms with Crippen LogP contribution < -0.4 is 16.0 Å². The maximum atomic E-state index is 14.3. The first kappa shape index (κ1) is 39.6. The number of amides is 3. The number of nitro groups is 1. The smallest absolute Gasteiger partial charge is 0.341 e. The van der Waals surface area contributed by atoms with Gasteiger partial charge < -0.3 is 20.7 Å². The quantitative estimate of drug-likeness (QED) is 0.0350. The van der Waals surface area contributed by atoms with E-state index >= 15 is 0 Å². The summed E-state index contributed by atoms with van der Waals surface area (Å²) < 4.78 is 5.46. The van der Waals surface area contributed by atoms with Crippen molar-refractivity contribution < 1.29 is 28.8 Å². The maximum Gasteiger partial charge on any atom is 0.341 e. The lowest BCUT2D eigenvalue weighted by molar-refractivity contribution is -0.385. The van der Waals surface area contributed by atoms with Crippen LogP contribution in [0.3, 0.4) is 0 Å². The lowest BCUT2D eigenvalue weighted by atomic mass is 9.96. The highest BCUT2D eigenvalue weighted by Crippen LogP contribution is 2.41. The molecule has 0 spiro atoms. The van der Waals surface area contributed by atoms with Crippen molar-refractivity contribution in [2.45, 2.75) is 55.6 Å². The molecule has 0 saturated heterocycles. The Morgan fingerprint density at radius 1 is 0.857 bits per heavy atom. The molecule has 5 aromatic rings. The van der Waals surface area contributed by atoms with Crippen LogP contribution in [0.5, 0.6) is 0 Å². The number of benzene rings is 4. The summed E-state index contributed by atoms with van der Waals surface area (Å²) in [5, 5.41) is 20.0. The molecule has 1 atom stereocenters. The number of ether oxygens (including phenoxy) is 1. The second kappa shape index (κ2) is 19.0. The summed E-state index contributed by atoms with van der Waals surface area (Å²) in [6, 6.07) is 30.4. The van der Waals surface area contributed by atoms with Gasteiger partial charge in [0.25, 0.3) is 17.5 Å². The Kier molecular flexibility index (Phi) is 13.5. The van der Waals surface area contributed by atoms with Crippen molar-refractivity contribution in [3.63, 3.8) is 0 Å². The van der Waals surface area contributed by atoms with Crippen LogP contribution in [-0.4, -0.2) is 35.2 Å². The fourth-order valence-corrected chi connectivity index (χ4v) is 8.72. The van der Waals surface area contributed by atoms with Crippen LogP contribution in [0.1, 0.15) is 80.1 Å². The molecule has 0 radical (unpaired) electrons. The third-order valence-corrected chi connectivity index (χ3v) is 11.5. The third kappa shape index (κ3) is 9.97. The summed E-state index contributed by atoms with van der Waals surface area (Å²) in [5.41, 5.74) is 2.46. The van der Waals surface area contributed by atoms with Gasteiger partial charge in [0.1, 0.15) is 15.9 Å². The topological polar surface area (TPSA) is 157 Å². The number of thioether (sulfide) groups is 1. The van der Waals surface area contributed by atoms with E-state index in [1.807, 2.05) is 36.4 Å². The summed E-state index contributed by atoms with van der Waals surface area (Å²) in [6.07, 6.45) is 7.03. The molecule has 0 saturated carbocycles. The van der Waals surface area contributed by atoms with E-state index in [1.54, 1.807) is 61.5 Å². The molecule has 1 unspecified atom stereocenters. The zero-order chi connectivity index (χ0) is 39.4. The van der Waals surface area contributed by atoms with Gasteiger partial charge in [-0.15, -0.1) is 23.1 Å². The third-order valence-electron chi connectivity index (χ3n) is 9.04. The van der Waals surface area contributed by atoms with Crippen molar-refractivity contribution in [2.24, 2.45) is 0 Å². The van der Waals surface area contributed by atoms with Gasteiger partial charge in [0, 0.05) is 27.1 Å². The minimum Gasteiger partial charge on any atom is -0.462 e. The molecule has 1 aliphatic carbocycles. The Morgan fingerprint density at radius 2 is 1.55 bits per heavy atom. The average molecular weight is 789 g/mol. The molecule has 0 aliphatic heterocycles. The Bertz CT molecular complexity index is 2260. The molecule has 11 nitrogen and oxygen atoms in total. The molecule has 3 amide bonds. The molecule has 4 aromatic carbocycles. The van der Waals surface area contributed by atoms with Crippen LogP contribution in [-0.2, 0) is 27.2 Å². The molecular weight excluding hydrogens is 749 g/mol. The number of hydrogen-bond acceptors (Lipinski definition) is 9. The lowest BCUT2D eigenvalue weighted by Gasteiger charge is -2.18. The number of anilines is 2. The number of esters is 1. The lowest BCUT2D eigenvalue weighted by Crippen LogP contribution is -2.30. The molecular formula is C43H40N4O7S2. The monoisotopic (exact) mass is 788 g/mol. The van der Waals surface area contributed by atoms with Gasteiger partial charge in [0.05, 0.1) is 22.7 Å². The Labute approximate surface area is 332 Å². The second-order valence-corrected chi connectivity index (χ2v) is 15.2. The predicted molar refractivity (Wildman–Crippen MR) is 220 cm³/mol. The minimum absolute atomic E-state index is 0.126. The number of fused-ring (bicyclic) bond motifs is 1. The molecule has 6 rings (SSSR count). The highest BCUT2D eigenvalue weighted by Gasteiger charge is 2.29. The van der Waals surface area contributed by atoms with Gasteiger partial charge in [-0.3, -0.25) is 24.5 Å². The first-order valence-electron chi connectivity index (χ1n) is 18.3. The summed E-state index contributed by atoms with van der Waals surface area (Å²) in [4.78, 5) is 67.5. The largest absolute Gasteiger partial charge is 0.462 e. The fourth-order valence-electron chi connectivity index (χ4n) is 6.36. The zero-order valence-electron chi connectivity index (χ0n) is 30.6.